The Morgan fingerprint density at radius 3 is 2.59 bits per heavy atom. The van der Waals surface area contributed by atoms with Crippen molar-refractivity contribution in [3.63, 3.8) is 0 Å². The Bertz CT molecular complexity index is 341. The van der Waals surface area contributed by atoms with E-state index in [0.29, 0.717) is 6.54 Å². The number of para-hydroxylation sites is 1. The second-order valence-electron chi connectivity index (χ2n) is 5.05. The van der Waals surface area contributed by atoms with Crippen LogP contribution in [0.25, 0.3) is 0 Å². The molecule has 0 aromatic heterocycles. The molecule has 0 amide bonds. The van der Waals surface area contributed by atoms with Gasteiger partial charge in [-0.1, -0.05) is 38.0 Å². The summed E-state index contributed by atoms with van der Waals surface area (Å²) in [5.74, 6) is 0.946. The van der Waals surface area contributed by atoms with Gasteiger partial charge in [-0.05, 0) is 30.4 Å². The van der Waals surface area contributed by atoms with E-state index in [2.05, 4.69) is 36.1 Å². The minimum Gasteiger partial charge on any atom is -0.371 e. The summed E-state index contributed by atoms with van der Waals surface area (Å²) in [6.07, 6.45) is 5.40. The van der Waals surface area contributed by atoms with Crippen LogP contribution in [0.2, 0.25) is 0 Å². The Hall–Kier alpha value is -1.02. The molecule has 2 heteroatoms. The molecule has 0 spiro atoms. The van der Waals surface area contributed by atoms with Crippen LogP contribution in [-0.4, -0.2) is 13.1 Å². The van der Waals surface area contributed by atoms with Gasteiger partial charge in [0.05, 0.1) is 0 Å². The molecule has 0 unspecified atom stereocenters. The quantitative estimate of drug-likeness (QED) is 0.864. The largest absolute Gasteiger partial charge is 0.371 e. The van der Waals surface area contributed by atoms with Crippen LogP contribution < -0.4 is 10.6 Å². The smallest absolute Gasteiger partial charge is 0.0411 e. The molecule has 1 aliphatic rings. The van der Waals surface area contributed by atoms with Crippen molar-refractivity contribution in [3.8, 4) is 0 Å². The average molecular weight is 232 g/mol. The fourth-order valence-electron chi connectivity index (χ4n) is 2.86. The van der Waals surface area contributed by atoms with Gasteiger partial charge in [0.1, 0.15) is 0 Å². The highest BCUT2D eigenvalue weighted by Gasteiger charge is 2.19. The highest BCUT2D eigenvalue weighted by atomic mass is 15.1. The first-order valence-corrected chi connectivity index (χ1v) is 6.88. The number of anilines is 1. The van der Waals surface area contributed by atoms with Crippen molar-refractivity contribution in [3.05, 3.63) is 29.8 Å². The van der Waals surface area contributed by atoms with E-state index in [1.54, 1.807) is 0 Å². The number of nitrogens with two attached hydrogens (primary N) is 1. The third kappa shape index (κ3) is 3.01. The van der Waals surface area contributed by atoms with E-state index in [4.69, 9.17) is 5.73 Å². The van der Waals surface area contributed by atoms with E-state index in [9.17, 15) is 0 Å². The first-order valence-electron chi connectivity index (χ1n) is 6.88. The van der Waals surface area contributed by atoms with E-state index in [0.717, 1.165) is 5.92 Å². The topological polar surface area (TPSA) is 29.3 Å². The summed E-state index contributed by atoms with van der Waals surface area (Å²) >= 11 is 0. The molecule has 2 N–H and O–H groups in total. The van der Waals surface area contributed by atoms with Crippen molar-refractivity contribution in [1.29, 1.82) is 0 Å². The fourth-order valence-corrected chi connectivity index (χ4v) is 2.86. The van der Waals surface area contributed by atoms with Gasteiger partial charge in [0, 0.05) is 25.3 Å². The summed E-state index contributed by atoms with van der Waals surface area (Å²) in [4.78, 5) is 2.51. The van der Waals surface area contributed by atoms with Crippen LogP contribution in [0.4, 0.5) is 5.69 Å². The molecule has 0 bridgehead atoms. The van der Waals surface area contributed by atoms with Gasteiger partial charge in [0.2, 0.25) is 0 Å². The first-order chi connectivity index (χ1) is 8.35. The summed E-state index contributed by atoms with van der Waals surface area (Å²) in [7, 11) is 0. The van der Waals surface area contributed by atoms with E-state index in [-0.39, 0.29) is 0 Å². The maximum absolute atomic E-state index is 5.81. The van der Waals surface area contributed by atoms with Crippen LogP contribution >= 0.6 is 0 Å². The maximum atomic E-state index is 5.81. The molecule has 1 aliphatic heterocycles. The normalized spacial score (nSPS) is 17.4. The second kappa shape index (κ2) is 6.06. The van der Waals surface area contributed by atoms with Crippen LogP contribution in [0, 0.1) is 5.92 Å². The first kappa shape index (κ1) is 12.4. The van der Waals surface area contributed by atoms with Gasteiger partial charge in [-0.15, -0.1) is 0 Å². The third-order valence-corrected chi connectivity index (χ3v) is 3.86. The van der Waals surface area contributed by atoms with Gasteiger partial charge < -0.3 is 10.6 Å². The van der Waals surface area contributed by atoms with Crippen molar-refractivity contribution < 1.29 is 0 Å². The van der Waals surface area contributed by atoms with Crippen molar-refractivity contribution in [1.82, 2.24) is 0 Å². The predicted octanol–water partition coefficient (Wildman–Crippen LogP) is 3.16. The molecule has 0 aliphatic carbocycles. The van der Waals surface area contributed by atoms with Gasteiger partial charge in [-0.2, -0.15) is 0 Å². The van der Waals surface area contributed by atoms with E-state index in [1.807, 2.05) is 0 Å². The number of piperidine rings is 1. The Morgan fingerprint density at radius 1 is 1.24 bits per heavy atom. The molecule has 1 saturated heterocycles. The maximum Gasteiger partial charge on any atom is 0.0411 e. The molecule has 17 heavy (non-hydrogen) atoms. The predicted molar refractivity (Wildman–Crippen MR) is 74.2 cm³/mol. The molecule has 1 fully saturated rings. The molecular weight excluding hydrogens is 208 g/mol. The lowest BCUT2D eigenvalue weighted by Gasteiger charge is -2.34. The summed E-state index contributed by atoms with van der Waals surface area (Å²) < 4.78 is 0. The summed E-state index contributed by atoms with van der Waals surface area (Å²) in [5, 5.41) is 0. The van der Waals surface area contributed by atoms with Gasteiger partial charge >= 0.3 is 0 Å². The van der Waals surface area contributed by atoms with Crippen LogP contribution in [0.1, 0.15) is 38.2 Å². The van der Waals surface area contributed by atoms with Crippen molar-refractivity contribution in [2.75, 3.05) is 18.0 Å². The van der Waals surface area contributed by atoms with Gasteiger partial charge in [0.15, 0.2) is 0 Å². The zero-order valence-corrected chi connectivity index (χ0v) is 10.9. The van der Waals surface area contributed by atoms with Crippen LogP contribution in [0.15, 0.2) is 24.3 Å². The Labute approximate surface area is 105 Å². The van der Waals surface area contributed by atoms with Crippen LogP contribution in [0.5, 0.6) is 0 Å². The molecule has 2 nitrogen and oxygen atoms in total. The van der Waals surface area contributed by atoms with Gasteiger partial charge in [-0.3, -0.25) is 0 Å². The Kier molecular flexibility index (Phi) is 4.43. The highest BCUT2D eigenvalue weighted by Crippen LogP contribution is 2.27. The standard InChI is InChI=1S/C15H24N2/c1-2-5-13-8-10-17(11-9-13)15-7-4-3-6-14(15)12-16/h3-4,6-7,13H,2,5,8-12,16H2,1H3. The molecule has 0 saturated carbocycles. The fraction of sp³-hybridized carbons (Fsp3) is 0.600. The second-order valence-corrected chi connectivity index (χ2v) is 5.05. The number of nitrogens with zero attached hydrogens (tertiary/aromatic N) is 1. The Morgan fingerprint density at radius 2 is 1.94 bits per heavy atom. The number of rotatable bonds is 4. The number of hydrogen-bond donors (Lipinski definition) is 1. The molecule has 1 aromatic rings. The molecule has 1 heterocycles. The summed E-state index contributed by atoms with van der Waals surface area (Å²) in [6, 6.07) is 8.55. The van der Waals surface area contributed by atoms with E-state index >= 15 is 0 Å². The van der Waals surface area contributed by atoms with Crippen molar-refractivity contribution in [2.45, 2.75) is 39.2 Å². The number of hydrogen-bond acceptors (Lipinski definition) is 2. The zero-order chi connectivity index (χ0) is 12.1. The molecular formula is C15H24N2. The molecule has 0 radical (unpaired) electrons. The molecule has 94 valence electrons. The van der Waals surface area contributed by atoms with E-state index < -0.39 is 0 Å². The third-order valence-electron chi connectivity index (χ3n) is 3.86. The lowest BCUT2D eigenvalue weighted by molar-refractivity contribution is 0.378. The lowest BCUT2D eigenvalue weighted by Crippen LogP contribution is -2.34. The average Bonchev–Trinajstić information content (AvgIpc) is 2.40. The molecule has 1 aromatic carbocycles. The molecule has 2 rings (SSSR count). The lowest BCUT2D eigenvalue weighted by atomic mass is 9.92. The highest BCUT2D eigenvalue weighted by molar-refractivity contribution is 5.53. The number of benzene rings is 1. The summed E-state index contributed by atoms with van der Waals surface area (Å²) in [5.41, 5.74) is 8.44. The molecule has 0 atom stereocenters. The van der Waals surface area contributed by atoms with E-state index in [1.165, 1.54) is 50.0 Å². The zero-order valence-electron chi connectivity index (χ0n) is 10.9. The minimum atomic E-state index is 0.644. The van der Waals surface area contributed by atoms with Gasteiger partial charge in [-0.25, -0.2) is 0 Å². The van der Waals surface area contributed by atoms with Crippen LogP contribution in [-0.2, 0) is 6.54 Å². The minimum absolute atomic E-state index is 0.644. The van der Waals surface area contributed by atoms with Gasteiger partial charge in [0.25, 0.3) is 0 Å². The van der Waals surface area contributed by atoms with Crippen LogP contribution in [0.3, 0.4) is 0 Å². The van der Waals surface area contributed by atoms with Crippen molar-refractivity contribution in [2.24, 2.45) is 11.7 Å². The van der Waals surface area contributed by atoms with Crippen molar-refractivity contribution >= 4 is 5.69 Å². The summed E-state index contributed by atoms with van der Waals surface area (Å²) in [6.45, 7) is 5.32. The SMILES string of the molecule is CCCC1CCN(c2ccccc2CN)CC1. The monoisotopic (exact) mass is 232 g/mol. The Balaban J connectivity index is 2.00.